The van der Waals surface area contributed by atoms with Crippen LogP contribution < -0.4 is 21.7 Å². The first kappa shape index (κ1) is 15.9. The number of rotatable bonds is 7. The Morgan fingerprint density at radius 1 is 1.58 bits per heavy atom. The van der Waals surface area contributed by atoms with Gasteiger partial charge in [-0.1, -0.05) is 11.6 Å². The van der Waals surface area contributed by atoms with Gasteiger partial charge in [0, 0.05) is 26.2 Å². The van der Waals surface area contributed by atoms with Gasteiger partial charge >= 0.3 is 0 Å². The van der Waals surface area contributed by atoms with Crippen LogP contribution in [0.2, 0.25) is 5.15 Å². The summed E-state index contributed by atoms with van der Waals surface area (Å²) in [6, 6.07) is 1.54. The lowest BCUT2D eigenvalue weighted by molar-refractivity contribution is 0.276. The molecule has 0 saturated heterocycles. The molecule has 1 atom stereocenters. The van der Waals surface area contributed by atoms with Gasteiger partial charge in [-0.05, 0) is 21.0 Å². The Balaban J connectivity index is 2.66. The molecule has 108 valence electrons. The van der Waals surface area contributed by atoms with Crippen LogP contribution in [0.5, 0.6) is 0 Å². The van der Waals surface area contributed by atoms with Crippen molar-refractivity contribution in [2.24, 2.45) is 7.05 Å². The van der Waals surface area contributed by atoms with Crippen molar-refractivity contribution in [2.75, 3.05) is 32.5 Å². The average Bonchev–Trinajstić information content (AvgIpc) is 2.35. The van der Waals surface area contributed by atoms with Gasteiger partial charge in [0.2, 0.25) is 0 Å². The van der Waals surface area contributed by atoms with E-state index in [2.05, 4.69) is 26.2 Å². The average molecular weight is 289 g/mol. The van der Waals surface area contributed by atoms with Gasteiger partial charge in [-0.15, -0.1) is 0 Å². The Kier molecular flexibility index (Phi) is 6.23. The highest BCUT2D eigenvalue weighted by Gasteiger charge is 2.12. The molecule has 1 heterocycles. The molecular weight excluding hydrogens is 268 g/mol. The highest BCUT2D eigenvalue weighted by molar-refractivity contribution is 6.29. The van der Waals surface area contributed by atoms with Gasteiger partial charge in [0.15, 0.2) is 5.15 Å². The summed E-state index contributed by atoms with van der Waals surface area (Å²) in [6.45, 7) is 3.61. The number of nitrogens with zero attached hydrogens (tertiary/aromatic N) is 3. The minimum atomic E-state index is -0.196. The van der Waals surface area contributed by atoms with Gasteiger partial charge in [-0.2, -0.15) is 5.10 Å². The molecule has 0 radical (unpaired) electrons. The molecule has 1 rings (SSSR count). The predicted molar refractivity (Wildman–Crippen MR) is 77.3 cm³/mol. The lowest BCUT2D eigenvalue weighted by atomic mass is 10.4. The number of nitrogens with one attached hydrogen (secondary N) is 3. The van der Waals surface area contributed by atoms with E-state index in [9.17, 15) is 4.79 Å². The van der Waals surface area contributed by atoms with Crippen LogP contribution in [0.1, 0.15) is 6.92 Å². The molecule has 0 aromatic carbocycles. The maximum absolute atomic E-state index is 11.9. The molecule has 3 N–H and O–H groups in total. The number of likely N-dealkylation sites (N-methyl/N-ethyl adjacent to an activating group) is 1. The molecule has 0 aliphatic carbocycles. The van der Waals surface area contributed by atoms with Crippen LogP contribution >= 0.6 is 11.6 Å². The van der Waals surface area contributed by atoms with Crippen molar-refractivity contribution < 1.29 is 0 Å². The number of hydrogen-bond donors (Lipinski definition) is 3. The van der Waals surface area contributed by atoms with E-state index in [0.717, 1.165) is 13.1 Å². The maximum Gasteiger partial charge on any atom is 0.289 e. The molecule has 8 heteroatoms. The van der Waals surface area contributed by atoms with Crippen molar-refractivity contribution in [1.29, 1.82) is 0 Å². The van der Waals surface area contributed by atoms with Gasteiger partial charge in [-0.25, -0.2) is 4.68 Å². The number of hydrogen-bond acceptors (Lipinski definition) is 6. The van der Waals surface area contributed by atoms with Gasteiger partial charge < -0.3 is 5.32 Å². The molecule has 0 spiro atoms. The molecule has 19 heavy (non-hydrogen) atoms. The second-order valence-electron chi connectivity index (χ2n) is 4.29. The normalized spacial score (nSPS) is 12.7. The van der Waals surface area contributed by atoms with Crippen molar-refractivity contribution in [3.63, 3.8) is 0 Å². The summed E-state index contributed by atoms with van der Waals surface area (Å²) in [5.74, 6) is 0. The van der Waals surface area contributed by atoms with Gasteiger partial charge in [0.05, 0.1) is 6.17 Å². The highest BCUT2D eigenvalue weighted by atomic mass is 35.5. The van der Waals surface area contributed by atoms with Crippen LogP contribution in [-0.2, 0) is 7.05 Å². The van der Waals surface area contributed by atoms with Gasteiger partial charge in [0.25, 0.3) is 5.56 Å². The smallest absolute Gasteiger partial charge is 0.289 e. The van der Waals surface area contributed by atoms with E-state index in [0.29, 0.717) is 5.69 Å². The summed E-state index contributed by atoms with van der Waals surface area (Å²) in [5.41, 5.74) is 6.12. The molecule has 1 unspecified atom stereocenters. The van der Waals surface area contributed by atoms with E-state index in [1.807, 2.05) is 21.0 Å². The fraction of sp³-hybridized carbons (Fsp3) is 0.636. The van der Waals surface area contributed by atoms with Crippen LogP contribution in [-0.4, -0.2) is 48.0 Å². The standard InChI is InChI=1S/C11H21ClN6O/c1-8(17(3)6-5-14-13-2)15-9-7-10(12)16-18(4)11(9)19/h7-8,13-15H,5-6H2,1-4H3. The molecule has 1 aromatic heterocycles. The number of anilines is 1. The number of hydrazine groups is 1. The Bertz CT molecular complexity index is 463. The van der Waals surface area contributed by atoms with Crippen LogP contribution in [0.25, 0.3) is 0 Å². The molecule has 0 bridgehead atoms. The van der Waals surface area contributed by atoms with Crippen molar-refractivity contribution in [3.8, 4) is 0 Å². The lowest BCUT2D eigenvalue weighted by Crippen LogP contribution is -2.43. The van der Waals surface area contributed by atoms with Crippen molar-refractivity contribution in [2.45, 2.75) is 13.1 Å². The van der Waals surface area contributed by atoms with Crippen molar-refractivity contribution in [3.05, 3.63) is 21.6 Å². The third kappa shape index (κ3) is 4.79. The van der Waals surface area contributed by atoms with Crippen LogP contribution in [0.4, 0.5) is 5.69 Å². The zero-order chi connectivity index (χ0) is 14.4. The van der Waals surface area contributed by atoms with Crippen molar-refractivity contribution in [1.82, 2.24) is 25.5 Å². The Morgan fingerprint density at radius 3 is 2.89 bits per heavy atom. The van der Waals surface area contributed by atoms with Gasteiger partial charge in [-0.3, -0.25) is 20.5 Å². The second kappa shape index (κ2) is 7.44. The largest absolute Gasteiger partial charge is 0.365 e. The summed E-state index contributed by atoms with van der Waals surface area (Å²) >= 11 is 5.84. The van der Waals surface area contributed by atoms with E-state index in [1.165, 1.54) is 4.68 Å². The van der Waals surface area contributed by atoms with E-state index in [-0.39, 0.29) is 16.9 Å². The first-order valence-corrected chi connectivity index (χ1v) is 6.43. The SMILES string of the molecule is CNNCCN(C)C(C)Nc1cc(Cl)nn(C)c1=O. The fourth-order valence-corrected chi connectivity index (χ4v) is 1.78. The molecule has 0 amide bonds. The summed E-state index contributed by atoms with van der Waals surface area (Å²) in [5, 5.41) is 7.27. The maximum atomic E-state index is 11.9. The predicted octanol–water partition coefficient (Wildman–Crippen LogP) is -0.153. The van der Waals surface area contributed by atoms with E-state index >= 15 is 0 Å². The summed E-state index contributed by atoms with van der Waals surface area (Å²) in [4.78, 5) is 14.0. The quantitative estimate of drug-likeness (QED) is 0.368. The summed E-state index contributed by atoms with van der Waals surface area (Å²) < 4.78 is 1.22. The molecule has 0 aliphatic heterocycles. The van der Waals surface area contributed by atoms with Crippen LogP contribution in [0.15, 0.2) is 10.9 Å². The molecule has 0 aliphatic rings. The first-order valence-electron chi connectivity index (χ1n) is 6.06. The Morgan fingerprint density at radius 2 is 2.26 bits per heavy atom. The lowest BCUT2D eigenvalue weighted by Gasteiger charge is -2.26. The number of halogens is 1. The molecule has 0 saturated carbocycles. The van der Waals surface area contributed by atoms with E-state index < -0.39 is 0 Å². The summed E-state index contributed by atoms with van der Waals surface area (Å²) in [7, 11) is 5.37. The first-order chi connectivity index (χ1) is 8.95. The third-order valence-corrected chi connectivity index (χ3v) is 3.01. The Labute approximate surface area is 117 Å². The zero-order valence-corrected chi connectivity index (χ0v) is 12.5. The molecular formula is C11H21ClN6O. The van der Waals surface area contributed by atoms with Crippen molar-refractivity contribution >= 4 is 17.3 Å². The minimum absolute atomic E-state index is 0.00447. The van der Waals surface area contributed by atoms with Crippen LogP contribution in [0.3, 0.4) is 0 Å². The minimum Gasteiger partial charge on any atom is -0.365 e. The molecule has 7 nitrogen and oxygen atoms in total. The second-order valence-corrected chi connectivity index (χ2v) is 4.67. The van der Waals surface area contributed by atoms with Gasteiger partial charge in [0.1, 0.15) is 5.69 Å². The van der Waals surface area contributed by atoms with E-state index in [1.54, 1.807) is 13.1 Å². The highest BCUT2D eigenvalue weighted by Crippen LogP contribution is 2.09. The zero-order valence-electron chi connectivity index (χ0n) is 11.7. The van der Waals surface area contributed by atoms with Crippen LogP contribution in [0, 0.1) is 0 Å². The van der Waals surface area contributed by atoms with E-state index in [4.69, 9.17) is 11.6 Å². The monoisotopic (exact) mass is 288 g/mol. The Hall–Kier alpha value is -1.15. The molecule has 0 fully saturated rings. The third-order valence-electron chi connectivity index (χ3n) is 2.83. The molecule has 1 aromatic rings. The number of aryl methyl sites for hydroxylation is 1. The fourth-order valence-electron chi connectivity index (χ4n) is 1.56. The topological polar surface area (TPSA) is 74.2 Å². The number of aromatic nitrogens is 2. The summed E-state index contributed by atoms with van der Waals surface area (Å²) in [6.07, 6.45) is 0.00447.